The largest absolute Gasteiger partial charge is 0.369 e. The van der Waals surface area contributed by atoms with Crippen molar-refractivity contribution in [1.82, 2.24) is 9.97 Å². The number of aromatic nitrogens is 2. The van der Waals surface area contributed by atoms with Crippen LogP contribution in [0.25, 0.3) is 28.1 Å². The van der Waals surface area contributed by atoms with Crippen LogP contribution in [0.2, 0.25) is 0 Å². The molecule has 1 aromatic heterocycles. The highest BCUT2D eigenvalue weighted by Gasteiger charge is 2.22. The molecule has 6 nitrogen and oxygen atoms in total. The number of nitrogens with one attached hydrogen (secondary N) is 2. The summed E-state index contributed by atoms with van der Waals surface area (Å²) in [4.78, 5) is 9.79. The first-order valence-electron chi connectivity index (χ1n) is 12.1. The monoisotopic (exact) mass is 470 g/mol. The zero-order chi connectivity index (χ0) is 25.1. The summed E-state index contributed by atoms with van der Waals surface area (Å²) in [6, 6.07) is 21.9. The number of fused-ring (bicyclic) bond motifs is 1. The minimum Gasteiger partial charge on any atom is -0.369 e. The molecular weight excluding hydrogens is 444 g/mol. The van der Waals surface area contributed by atoms with Gasteiger partial charge in [0.1, 0.15) is 5.82 Å². The van der Waals surface area contributed by atoms with Gasteiger partial charge in [0.15, 0.2) is 0 Å². The van der Waals surface area contributed by atoms with Crippen LogP contribution in [0, 0.1) is 42.4 Å². The standard InChI is InChI=1S/C30H26N6/c1-19-15-23(5-4-14-31)16-20(2)27(19)25-6-3-7-26-28(25)35-30(36-29(26)33-18-22-8-9-22)34-24-12-10-21(17-32)11-13-24/h3-7,10-13,15-16,22H,8-9,18H2,1-2H3,(H2,33,34,35,36). The highest BCUT2D eigenvalue weighted by Crippen LogP contribution is 2.37. The summed E-state index contributed by atoms with van der Waals surface area (Å²) in [5.41, 5.74) is 7.70. The number of hydrogen-bond acceptors (Lipinski definition) is 6. The third-order valence-corrected chi connectivity index (χ3v) is 6.43. The summed E-state index contributed by atoms with van der Waals surface area (Å²) in [5, 5.41) is 25.9. The Morgan fingerprint density at radius 3 is 2.42 bits per heavy atom. The van der Waals surface area contributed by atoms with Gasteiger partial charge < -0.3 is 10.6 Å². The minimum atomic E-state index is 0.502. The van der Waals surface area contributed by atoms with Gasteiger partial charge in [0, 0.05) is 29.3 Å². The third-order valence-electron chi connectivity index (χ3n) is 6.43. The molecule has 0 amide bonds. The highest BCUT2D eigenvalue weighted by atomic mass is 15.1. The van der Waals surface area contributed by atoms with Crippen LogP contribution >= 0.6 is 0 Å². The zero-order valence-corrected chi connectivity index (χ0v) is 20.3. The first kappa shape index (κ1) is 23.1. The topological polar surface area (TPSA) is 97.4 Å². The van der Waals surface area contributed by atoms with E-state index >= 15 is 0 Å². The van der Waals surface area contributed by atoms with Gasteiger partial charge in [-0.3, -0.25) is 0 Å². The highest BCUT2D eigenvalue weighted by molar-refractivity contribution is 6.01. The molecule has 36 heavy (non-hydrogen) atoms. The van der Waals surface area contributed by atoms with Crippen molar-refractivity contribution in [1.29, 1.82) is 10.5 Å². The maximum Gasteiger partial charge on any atom is 0.229 e. The molecule has 1 saturated carbocycles. The van der Waals surface area contributed by atoms with Crippen molar-refractivity contribution >= 4 is 34.4 Å². The second-order valence-corrected chi connectivity index (χ2v) is 9.23. The smallest absolute Gasteiger partial charge is 0.229 e. The second kappa shape index (κ2) is 9.90. The molecule has 6 heteroatoms. The van der Waals surface area contributed by atoms with Gasteiger partial charge >= 0.3 is 0 Å². The Kier molecular flexibility index (Phi) is 6.34. The average Bonchev–Trinajstić information content (AvgIpc) is 3.71. The van der Waals surface area contributed by atoms with Crippen LogP contribution in [0.1, 0.15) is 35.1 Å². The van der Waals surface area contributed by atoms with Crippen LogP contribution in [0.4, 0.5) is 17.5 Å². The Morgan fingerprint density at radius 2 is 1.75 bits per heavy atom. The van der Waals surface area contributed by atoms with Crippen molar-refractivity contribution in [2.24, 2.45) is 5.92 Å². The first-order valence-corrected chi connectivity index (χ1v) is 12.1. The lowest BCUT2D eigenvalue weighted by atomic mass is 9.92. The molecule has 1 fully saturated rings. The number of para-hydroxylation sites is 1. The number of nitriles is 2. The van der Waals surface area contributed by atoms with E-state index < -0.39 is 0 Å². The van der Waals surface area contributed by atoms with Crippen LogP contribution in [0.15, 0.2) is 60.7 Å². The number of benzene rings is 3. The predicted molar refractivity (Wildman–Crippen MR) is 145 cm³/mol. The number of anilines is 3. The van der Waals surface area contributed by atoms with Gasteiger partial charge in [0.2, 0.25) is 5.95 Å². The fraction of sp³-hybridized carbons (Fsp3) is 0.200. The molecular formula is C30H26N6. The van der Waals surface area contributed by atoms with Crippen LogP contribution in [-0.2, 0) is 0 Å². The first-order chi connectivity index (χ1) is 17.6. The third kappa shape index (κ3) is 4.89. The van der Waals surface area contributed by atoms with Crippen LogP contribution in [0.3, 0.4) is 0 Å². The Morgan fingerprint density at radius 1 is 1.00 bits per heavy atom. The van der Waals surface area contributed by atoms with Gasteiger partial charge in [0.05, 0.1) is 23.2 Å². The van der Waals surface area contributed by atoms with E-state index in [1.54, 1.807) is 12.1 Å². The van der Waals surface area contributed by atoms with E-state index in [9.17, 15) is 0 Å². The van der Waals surface area contributed by atoms with Crippen molar-refractivity contribution in [2.45, 2.75) is 26.7 Å². The van der Waals surface area contributed by atoms with Gasteiger partial charge in [-0.25, -0.2) is 4.98 Å². The number of nitrogens with zero attached hydrogens (tertiary/aromatic N) is 4. The molecule has 1 aliphatic rings. The molecule has 1 heterocycles. The Labute approximate surface area is 211 Å². The van der Waals surface area contributed by atoms with E-state index in [4.69, 9.17) is 20.5 Å². The van der Waals surface area contributed by atoms with Gasteiger partial charge in [-0.1, -0.05) is 24.3 Å². The fourth-order valence-electron chi connectivity index (χ4n) is 4.52. The molecule has 0 saturated heterocycles. The number of rotatable bonds is 7. The van der Waals surface area contributed by atoms with Crippen molar-refractivity contribution in [3.8, 4) is 23.3 Å². The maximum atomic E-state index is 9.10. The molecule has 1 aliphatic carbocycles. The van der Waals surface area contributed by atoms with Crippen LogP contribution < -0.4 is 10.6 Å². The maximum absolute atomic E-state index is 9.10. The van der Waals surface area contributed by atoms with Crippen molar-refractivity contribution in [3.05, 3.63) is 82.9 Å². The molecule has 0 aliphatic heterocycles. The van der Waals surface area contributed by atoms with Gasteiger partial charge in [-0.15, -0.1) is 0 Å². The average molecular weight is 471 g/mol. The van der Waals surface area contributed by atoms with Crippen LogP contribution in [-0.4, -0.2) is 16.5 Å². The second-order valence-electron chi connectivity index (χ2n) is 9.23. The van der Waals surface area contributed by atoms with Gasteiger partial charge in [-0.05, 0) is 91.3 Å². The summed E-state index contributed by atoms with van der Waals surface area (Å²) < 4.78 is 0. The number of aryl methyl sites for hydroxylation is 2. The summed E-state index contributed by atoms with van der Waals surface area (Å²) in [6.07, 6.45) is 5.83. The molecule has 0 atom stereocenters. The zero-order valence-electron chi connectivity index (χ0n) is 20.3. The molecule has 176 valence electrons. The van der Waals surface area contributed by atoms with Crippen LogP contribution in [0.5, 0.6) is 0 Å². The number of hydrogen-bond donors (Lipinski definition) is 2. The Bertz CT molecular complexity index is 1530. The molecule has 5 rings (SSSR count). The van der Waals surface area contributed by atoms with Gasteiger partial charge in [-0.2, -0.15) is 15.5 Å². The normalized spacial score (nSPS) is 12.9. The van der Waals surface area contributed by atoms with Crippen molar-refractivity contribution in [2.75, 3.05) is 17.2 Å². The lowest BCUT2D eigenvalue weighted by Gasteiger charge is -2.17. The SMILES string of the molecule is Cc1cc(C=CC#N)cc(C)c1-c1cccc2c(NCC3CC3)nc(Nc3ccc(C#N)cc3)nc12. The van der Waals surface area contributed by atoms with Crippen molar-refractivity contribution < 1.29 is 0 Å². The molecule has 3 aromatic carbocycles. The minimum absolute atomic E-state index is 0.502. The van der Waals surface area contributed by atoms with E-state index in [1.807, 2.05) is 18.2 Å². The summed E-state index contributed by atoms with van der Waals surface area (Å²) in [5.74, 6) is 2.02. The van der Waals surface area contributed by atoms with E-state index in [0.717, 1.165) is 56.8 Å². The van der Waals surface area contributed by atoms with E-state index in [1.165, 1.54) is 18.9 Å². The lowest BCUT2D eigenvalue weighted by molar-refractivity contribution is 0.884. The van der Waals surface area contributed by atoms with E-state index in [0.29, 0.717) is 17.4 Å². The predicted octanol–water partition coefficient (Wildman–Crippen LogP) is 6.89. The lowest BCUT2D eigenvalue weighted by Crippen LogP contribution is -2.08. The van der Waals surface area contributed by atoms with Crippen molar-refractivity contribution in [3.63, 3.8) is 0 Å². The molecule has 4 aromatic rings. The molecule has 2 N–H and O–H groups in total. The van der Waals surface area contributed by atoms with Gasteiger partial charge in [0.25, 0.3) is 0 Å². The fourth-order valence-corrected chi connectivity index (χ4v) is 4.52. The number of allylic oxidation sites excluding steroid dienone is 1. The molecule has 0 spiro atoms. The Hall–Kier alpha value is -4.68. The molecule has 0 radical (unpaired) electrons. The quantitative estimate of drug-likeness (QED) is 0.286. The summed E-state index contributed by atoms with van der Waals surface area (Å²) in [6.45, 7) is 5.08. The molecule has 0 unspecified atom stereocenters. The summed E-state index contributed by atoms with van der Waals surface area (Å²) >= 11 is 0. The van der Waals surface area contributed by atoms with E-state index in [2.05, 4.69) is 67.0 Å². The summed E-state index contributed by atoms with van der Waals surface area (Å²) in [7, 11) is 0. The molecule has 0 bridgehead atoms. The Balaban J connectivity index is 1.63. The van der Waals surface area contributed by atoms with E-state index in [-0.39, 0.29) is 0 Å².